The number of nitrogens with one attached hydrogen (secondary N) is 2. The third-order valence-corrected chi connectivity index (χ3v) is 8.87. The van der Waals surface area contributed by atoms with Crippen molar-refractivity contribution in [3.63, 3.8) is 0 Å². The predicted molar refractivity (Wildman–Crippen MR) is 179 cm³/mol. The molecule has 1 aliphatic carbocycles. The largest absolute Gasteiger partial charge is 0.382 e. The molecule has 0 spiro atoms. The summed E-state index contributed by atoms with van der Waals surface area (Å²) in [6.07, 6.45) is 11.9. The van der Waals surface area contributed by atoms with Gasteiger partial charge in [-0.05, 0) is 57.3 Å². The molecule has 11 heteroatoms. The average Bonchev–Trinajstić information content (AvgIpc) is 3.64. The summed E-state index contributed by atoms with van der Waals surface area (Å²) in [4.78, 5) is 37.5. The van der Waals surface area contributed by atoms with E-state index in [1.54, 1.807) is 6.07 Å². The second kappa shape index (κ2) is 13.1. The minimum atomic E-state index is -0.197. The summed E-state index contributed by atoms with van der Waals surface area (Å²) in [6, 6.07) is 9.71. The maximum Gasteiger partial charge on any atom is 0.234 e. The van der Waals surface area contributed by atoms with Crippen LogP contribution in [0.1, 0.15) is 88.1 Å². The number of hydrogen-bond acceptors (Lipinski definition) is 8. The second-order valence-electron chi connectivity index (χ2n) is 13.7. The minimum Gasteiger partial charge on any atom is -0.382 e. The molecule has 1 fully saturated rings. The normalized spacial score (nSPS) is 20.5. The molecule has 4 heterocycles. The Hall–Kier alpha value is -4.51. The van der Waals surface area contributed by atoms with Crippen molar-refractivity contribution in [3.8, 4) is 11.3 Å². The molecule has 46 heavy (non-hydrogen) atoms. The first-order valence-electron chi connectivity index (χ1n) is 16.2. The number of carbonyl (C=O) groups excluding carboxylic acids is 2. The lowest BCUT2D eigenvalue weighted by molar-refractivity contribution is -0.123. The Morgan fingerprint density at radius 2 is 1.98 bits per heavy atom. The number of amides is 2. The van der Waals surface area contributed by atoms with Crippen LogP contribution in [0, 0.1) is 0 Å². The Labute approximate surface area is 269 Å². The lowest BCUT2D eigenvalue weighted by Crippen LogP contribution is -2.43. The van der Waals surface area contributed by atoms with Gasteiger partial charge in [0, 0.05) is 29.0 Å². The van der Waals surface area contributed by atoms with Gasteiger partial charge in [0.15, 0.2) is 5.82 Å². The molecular weight excluding hydrogens is 580 g/mol. The van der Waals surface area contributed by atoms with E-state index in [0.717, 1.165) is 78.9 Å². The number of allylic oxidation sites excluding steroid dienone is 1. The van der Waals surface area contributed by atoms with Crippen LogP contribution >= 0.6 is 0 Å². The van der Waals surface area contributed by atoms with Crippen LogP contribution < -0.4 is 16.4 Å². The van der Waals surface area contributed by atoms with Crippen LogP contribution in [0.2, 0.25) is 0 Å². The summed E-state index contributed by atoms with van der Waals surface area (Å²) in [5.41, 5.74) is 10.6. The molecule has 0 unspecified atom stereocenters. The predicted octanol–water partition coefficient (Wildman–Crippen LogP) is 5.33. The van der Waals surface area contributed by atoms with Crippen LogP contribution in [-0.2, 0) is 21.4 Å². The fourth-order valence-electron chi connectivity index (χ4n) is 6.46. The van der Waals surface area contributed by atoms with Gasteiger partial charge in [0.2, 0.25) is 11.8 Å². The van der Waals surface area contributed by atoms with E-state index in [2.05, 4.69) is 42.2 Å². The molecule has 0 saturated heterocycles. The number of carbonyl (C=O) groups is 2. The zero-order valence-electron chi connectivity index (χ0n) is 27.2. The maximum atomic E-state index is 12.8. The molecule has 4 aromatic rings. The van der Waals surface area contributed by atoms with Gasteiger partial charge >= 0.3 is 0 Å². The Morgan fingerprint density at radius 1 is 1.17 bits per heavy atom. The van der Waals surface area contributed by atoms with Crippen LogP contribution in [-0.4, -0.2) is 62.4 Å². The van der Waals surface area contributed by atoms with Crippen molar-refractivity contribution in [2.45, 2.75) is 83.1 Å². The first-order chi connectivity index (χ1) is 22.0. The number of likely N-dealkylation sites (N-methyl/N-ethyl adjacent to an activating group) is 1. The van der Waals surface area contributed by atoms with E-state index in [0.29, 0.717) is 23.9 Å². The lowest BCUT2D eigenvalue weighted by atomic mass is 9.85. The van der Waals surface area contributed by atoms with E-state index in [1.807, 2.05) is 58.3 Å². The van der Waals surface area contributed by atoms with Crippen molar-refractivity contribution >= 4 is 35.0 Å². The number of imidazole rings is 1. The van der Waals surface area contributed by atoms with Crippen molar-refractivity contribution in [2.75, 3.05) is 31.2 Å². The first-order valence-corrected chi connectivity index (χ1v) is 16.2. The molecule has 3 aromatic heterocycles. The number of fused-ring (bicyclic) bond motifs is 3. The van der Waals surface area contributed by atoms with Crippen molar-refractivity contribution < 1.29 is 14.1 Å². The van der Waals surface area contributed by atoms with E-state index in [1.165, 1.54) is 0 Å². The molecule has 11 nitrogen and oxygen atoms in total. The smallest absolute Gasteiger partial charge is 0.234 e. The third-order valence-electron chi connectivity index (χ3n) is 8.87. The van der Waals surface area contributed by atoms with Crippen LogP contribution in [0.3, 0.4) is 0 Å². The lowest BCUT2D eigenvalue weighted by Gasteiger charge is -2.30. The number of anilines is 2. The number of nitrogen functional groups attached to an aromatic ring is 1. The van der Waals surface area contributed by atoms with Gasteiger partial charge < -0.3 is 20.9 Å². The second-order valence-corrected chi connectivity index (χ2v) is 13.7. The molecule has 242 valence electrons. The van der Waals surface area contributed by atoms with Crippen LogP contribution in [0.5, 0.6) is 0 Å². The van der Waals surface area contributed by atoms with E-state index in [-0.39, 0.29) is 35.6 Å². The van der Waals surface area contributed by atoms with E-state index in [4.69, 9.17) is 15.2 Å². The number of benzene rings is 1. The van der Waals surface area contributed by atoms with E-state index < -0.39 is 0 Å². The summed E-state index contributed by atoms with van der Waals surface area (Å²) in [7, 11) is 2.00. The van der Waals surface area contributed by atoms with Gasteiger partial charge in [-0.25, -0.2) is 9.97 Å². The molecule has 2 aliphatic rings. The summed E-state index contributed by atoms with van der Waals surface area (Å²) >= 11 is 0. The van der Waals surface area contributed by atoms with Gasteiger partial charge in [0.1, 0.15) is 28.6 Å². The summed E-state index contributed by atoms with van der Waals surface area (Å²) in [5, 5.41) is 10.1. The third kappa shape index (κ3) is 6.99. The highest BCUT2D eigenvalue weighted by Gasteiger charge is 2.30. The minimum absolute atomic E-state index is 0.0748. The van der Waals surface area contributed by atoms with Crippen LogP contribution in [0.4, 0.5) is 11.6 Å². The van der Waals surface area contributed by atoms with Crippen molar-refractivity contribution in [1.82, 2.24) is 29.7 Å². The Kier molecular flexibility index (Phi) is 8.95. The van der Waals surface area contributed by atoms with E-state index >= 15 is 0 Å². The number of aromatic nitrogens is 4. The molecule has 0 radical (unpaired) electrons. The molecule has 1 saturated carbocycles. The Morgan fingerprint density at radius 3 is 2.74 bits per heavy atom. The SMILES string of the molecule is CN1CCC/C=C/c2cnc(N)c3c(-c4ccc(CC(=O)Nc5cc(C(C)(C)C)on5)cc4)nc(n23)[C@@H]2CCC[C@H](C2)NC(=O)C1. The summed E-state index contributed by atoms with van der Waals surface area (Å²) in [6.45, 7) is 7.33. The molecular formula is C35H44N8O3. The number of nitrogens with two attached hydrogens (primary N) is 1. The quantitative estimate of drug-likeness (QED) is 0.277. The molecule has 6 rings (SSSR count). The number of rotatable bonds is 4. The monoisotopic (exact) mass is 624 g/mol. The van der Waals surface area contributed by atoms with Crippen LogP contribution in [0.15, 0.2) is 47.1 Å². The molecule has 1 aliphatic heterocycles. The standard InChI is InChI=1S/C35H44N8O3/c1-35(2,3)27-19-28(41-46-27)39-29(44)17-22-12-14-23(15-13-22)31-32-33(36)37-20-26-11-6-5-7-16-42(4)21-30(45)38-25-10-8-9-24(18-25)34(40-31)43(26)32/h6,11-15,19-20,24-25H,5,7-10,16-18,21H2,1-4H3,(H2,36,37)(H,38,45)(H,39,41,44)/b11-6+/t24-,25-/m1/s1. The van der Waals surface area contributed by atoms with Gasteiger partial charge in [-0.2, -0.15) is 0 Å². The molecule has 2 bridgehead atoms. The van der Waals surface area contributed by atoms with Crippen molar-refractivity contribution in [3.05, 3.63) is 65.4 Å². The molecule has 2 atom stereocenters. The van der Waals surface area contributed by atoms with Gasteiger partial charge in [-0.3, -0.25) is 18.9 Å². The molecule has 4 N–H and O–H groups in total. The van der Waals surface area contributed by atoms with Crippen LogP contribution in [0.25, 0.3) is 22.9 Å². The topological polar surface area (TPSA) is 144 Å². The van der Waals surface area contributed by atoms with Gasteiger partial charge in [0.05, 0.1) is 24.9 Å². The molecule has 1 aromatic carbocycles. The van der Waals surface area contributed by atoms with Crippen molar-refractivity contribution in [2.24, 2.45) is 0 Å². The summed E-state index contributed by atoms with van der Waals surface area (Å²) < 4.78 is 7.56. The molecule has 2 amide bonds. The average molecular weight is 625 g/mol. The highest BCUT2D eigenvalue weighted by molar-refractivity contribution is 5.92. The maximum absolute atomic E-state index is 12.8. The van der Waals surface area contributed by atoms with E-state index in [9.17, 15) is 9.59 Å². The Balaban J connectivity index is 1.30. The number of nitrogens with zero attached hydrogens (tertiary/aromatic N) is 5. The zero-order valence-corrected chi connectivity index (χ0v) is 27.2. The van der Waals surface area contributed by atoms with Gasteiger partial charge in [-0.15, -0.1) is 0 Å². The van der Waals surface area contributed by atoms with Gasteiger partial charge in [-0.1, -0.05) is 62.7 Å². The van der Waals surface area contributed by atoms with Gasteiger partial charge in [0.25, 0.3) is 0 Å². The highest BCUT2D eigenvalue weighted by Crippen LogP contribution is 2.38. The van der Waals surface area contributed by atoms with Crippen molar-refractivity contribution in [1.29, 1.82) is 0 Å². The fraction of sp³-hybridized carbons (Fsp3) is 0.457. The fourth-order valence-corrected chi connectivity index (χ4v) is 6.46. The first kappa shape index (κ1) is 31.5. The Bertz CT molecular complexity index is 1750. The number of hydrogen-bond donors (Lipinski definition) is 3. The summed E-state index contributed by atoms with van der Waals surface area (Å²) in [5.74, 6) is 2.52. The zero-order chi connectivity index (χ0) is 32.4. The highest BCUT2D eigenvalue weighted by atomic mass is 16.5.